The molecule has 0 amide bonds. The van der Waals surface area contributed by atoms with E-state index in [1.165, 1.54) is 30.2 Å². The van der Waals surface area contributed by atoms with E-state index in [0.717, 1.165) is 28.3 Å². The Bertz CT molecular complexity index is 528. The van der Waals surface area contributed by atoms with Crippen molar-refractivity contribution in [2.24, 2.45) is 0 Å². The van der Waals surface area contributed by atoms with Gasteiger partial charge in [0.1, 0.15) is 23.0 Å². The number of hydrogen-bond donors (Lipinski definition) is 1. The standard InChI is InChI=1S/C13H14FN3S/c1-2-3-11-12(15)16-8-17-13(11)18-10-6-4-9(14)5-7-10/h4-8H,2-3H2,1H3,(H2,15,16,17). The molecule has 0 fully saturated rings. The minimum atomic E-state index is -0.240. The van der Waals surface area contributed by atoms with Crippen LogP contribution in [0, 0.1) is 5.82 Å². The normalized spacial score (nSPS) is 10.6. The first-order valence-electron chi connectivity index (χ1n) is 5.73. The fourth-order valence-corrected chi connectivity index (χ4v) is 2.52. The van der Waals surface area contributed by atoms with Gasteiger partial charge >= 0.3 is 0 Å². The van der Waals surface area contributed by atoms with Gasteiger partial charge in [0, 0.05) is 10.5 Å². The SMILES string of the molecule is CCCc1c(N)ncnc1Sc1ccc(F)cc1. The molecule has 5 heteroatoms. The maximum absolute atomic E-state index is 12.8. The number of nitrogens with two attached hydrogens (primary N) is 1. The molecule has 2 aromatic rings. The maximum atomic E-state index is 12.8. The Morgan fingerprint density at radius 2 is 1.94 bits per heavy atom. The molecular formula is C13H14FN3S. The van der Waals surface area contributed by atoms with Crippen LogP contribution in [0.25, 0.3) is 0 Å². The van der Waals surface area contributed by atoms with E-state index >= 15 is 0 Å². The van der Waals surface area contributed by atoms with Crippen molar-refractivity contribution in [3.05, 3.63) is 42.0 Å². The van der Waals surface area contributed by atoms with Crippen LogP contribution in [0.1, 0.15) is 18.9 Å². The fraction of sp³-hybridized carbons (Fsp3) is 0.231. The predicted octanol–water partition coefficient (Wildman–Crippen LogP) is 3.30. The van der Waals surface area contributed by atoms with E-state index in [2.05, 4.69) is 16.9 Å². The van der Waals surface area contributed by atoms with Crippen molar-refractivity contribution in [1.29, 1.82) is 0 Å². The second-order valence-electron chi connectivity index (χ2n) is 3.85. The molecule has 0 atom stereocenters. The van der Waals surface area contributed by atoms with Crippen LogP contribution in [-0.2, 0) is 6.42 Å². The molecule has 0 saturated carbocycles. The number of rotatable bonds is 4. The quantitative estimate of drug-likeness (QED) is 0.860. The number of hydrogen-bond acceptors (Lipinski definition) is 4. The van der Waals surface area contributed by atoms with E-state index in [1.54, 1.807) is 12.1 Å². The zero-order valence-corrected chi connectivity index (χ0v) is 10.9. The van der Waals surface area contributed by atoms with Crippen molar-refractivity contribution in [2.75, 3.05) is 5.73 Å². The average molecular weight is 263 g/mol. The third kappa shape index (κ3) is 2.98. The van der Waals surface area contributed by atoms with Gasteiger partial charge in [-0.25, -0.2) is 14.4 Å². The van der Waals surface area contributed by atoms with Gasteiger partial charge in [-0.2, -0.15) is 0 Å². The second-order valence-corrected chi connectivity index (χ2v) is 4.91. The minimum Gasteiger partial charge on any atom is -0.383 e. The van der Waals surface area contributed by atoms with Crippen LogP contribution in [0.4, 0.5) is 10.2 Å². The Morgan fingerprint density at radius 1 is 1.22 bits per heavy atom. The predicted molar refractivity (Wildman–Crippen MR) is 71.0 cm³/mol. The zero-order valence-electron chi connectivity index (χ0n) is 10.1. The van der Waals surface area contributed by atoms with Crippen LogP contribution in [0.15, 0.2) is 40.5 Å². The Morgan fingerprint density at radius 3 is 2.61 bits per heavy atom. The van der Waals surface area contributed by atoms with Gasteiger partial charge in [0.2, 0.25) is 0 Å². The molecule has 0 unspecified atom stereocenters. The van der Waals surface area contributed by atoms with Gasteiger partial charge in [0.05, 0.1) is 0 Å². The van der Waals surface area contributed by atoms with Gasteiger partial charge in [0.25, 0.3) is 0 Å². The number of nitrogen functional groups attached to an aromatic ring is 1. The van der Waals surface area contributed by atoms with Crippen molar-refractivity contribution < 1.29 is 4.39 Å². The van der Waals surface area contributed by atoms with Crippen molar-refractivity contribution in [1.82, 2.24) is 9.97 Å². The Kier molecular flexibility index (Phi) is 4.15. The third-order valence-electron chi connectivity index (χ3n) is 2.47. The van der Waals surface area contributed by atoms with Crippen LogP contribution < -0.4 is 5.73 Å². The molecule has 0 aliphatic rings. The van der Waals surface area contributed by atoms with Crippen LogP contribution in [-0.4, -0.2) is 9.97 Å². The van der Waals surface area contributed by atoms with Gasteiger partial charge in [-0.05, 0) is 30.7 Å². The largest absolute Gasteiger partial charge is 0.383 e. The molecule has 3 nitrogen and oxygen atoms in total. The molecule has 18 heavy (non-hydrogen) atoms. The maximum Gasteiger partial charge on any atom is 0.131 e. The highest BCUT2D eigenvalue weighted by atomic mass is 32.2. The molecule has 0 bridgehead atoms. The van der Waals surface area contributed by atoms with Crippen LogP contribution in [0.5, 0.6) is 0 Å². The van der Waals surface area contributed by atoms with Gasteiger partial charge in [-0.3, -0.25) is 0 Å². The van der Waals surface area contributed by atoms with E-state index in [1.807, 2.05) is 0 Å². The van der Waals surface area contributed by atoms with Crippen LogP contribution in [0.3, 0.4) is 0 Å². The van der Waals surface area contributed by atoms with Gasteiger partial charge in [-0.15, -0.1) is 0 Å². The van der Waals surface area contributed by atoms with Crippen molar-refractivity contribution in [2.45, 2.75) is 29.7 Å². The van der Waals surface area contributed by atoms with E-state index in [0.29, 0.717) is 5.82 Å². The van der Waals surface area contributed by atoms with E-state index in [9.17, 15) is 4.39 Å². The van der Waals surface area contributed by atoms with Gasteiger partial charge in [0.15, 0.2) is 0 Å². The summed E-state index contributed by atoms with van der Waals surface area (Å²) in [6.07, 6.45) is 3.28. The van der Waals surface area contributed by atoms with E-state index < -0.39 is 0 Å². The molecular weight excluding hydrogens is 249 g/mol. The molecule has 2 rings (SSSR count). The first-order chi connectivity index (χ1) is 8.70. The molecule has 0 aliphatic heterocycles. The van der Waals surface area contributed by atoms with E-state index in [-0.39, 0.29) is 5.82 Å². The fourth-order valence-electron chi connectivity index (χ4n) is 1.60. The minimum absolute atomic E-state index is 0.240. The topological polar surface area (TPSA) is 51.8 Å². The Hall–Kier alpha value is -1.62. The monoisotopic (exact) mass is 263 g/mol. The molecule has 1 aromatic heterocycles. The summed E-state index contributed by atoms with van der Waals surface area (Å²) in [5, 5.41) is 0.843. The number of nitrogens with zero attached hydrogens (tertiary/aromatic N) is 2. The summed E-state index contributed by atoms with van der Waals surface area (Å²) in [5.41, 5.74) is 6.83. The molecule has 2 N–H and O–H groups in total. The highest BCUT2D eigenvalue weighted by molar-refractivity contribution is 7.99. The third-order valence-corrected chi connectivity index (χ3v) is 3.52. The van der Waals surface area contributed by atoms with Crippen molar-refractivity contribution in [3.8, 4) is 0 Å². The number of aromatic nitrogens is 2. The smallest absolute Gasteiger partial charge is 0.131 e. The number of halogens is 1. The molecule has 0 spiro atoms. The summed E-state index contributed by atoms with van der Waals surface area (Å²) >= 11 is 1.48. The lowest BCUT2D eigenvalue weighted by Crippen LogP contribution is -2.01. The lowest BCUT2D eigenvalue weighted by Gasteiger charge is -2.08. The molecule has 94 valence electrons. The summed E-state index contributed by atoms with van der Waals surface area (Å²) in [4.78, 5) is 9.20. The van der Waals surface area contributed by atoms with Gasteiger partial charge in [-0.1, -0.05) is 25.1 Å². The van der Waals surface area contributed by atoms with Crippen LogP contribution >= 0.6 is 11.8 Å². The molecule has 0 saturated heterocycles. The van der Waals surface area contributed by atoms with E-state index in [4.69, 9.17) is 5.73 Å². The average Bonchev–Trinajstić information content (AvgIpc) is 2.36. The summed E-state index contributed by atoms with van der Waals surface area (Å²) in [6, 6.07) is 6.33. The molecule has 0 radical (unpaired) electrons. The summed E-state index contributed by atoms with van der Waals surface area (Å²) in [7, 11) is 0. The summed E-state index contributed by atoms with van der Waals surface area (Å²) < 4.78 is 12.8. The lowest BCUT2D eigenvalue weighted by atomic mass is 10.2. The molecule has 1 aromatic carbocycles. The first-order valence-corrected chi connectivity index (χ1v) is 6.55. The van der Waals surface area contributed by atoms with Crippen molar-refractivity contribution in [3.63, 3.8) is 0 Å². The highest BCUT2D eigenvalue weighted by Gasteiger charge is 2.09. The zero-order chi connectivity index (χ0) is 13.0. The molecule has 0 aliphatic carbocycles. The van der Waals surface area contributed by atoms with Crippen LogP contribution in [0.2, 0.25) is 0 Å². The lowest BCUT2D eigenvalue weighted by molar-refractivity contribution is 0.626. The Labute approximate surface area is 110 Å². The summed E-state index contributed by atoms with van der Waals surface area (Å²) in [6.45, 7) is 2.08. The molecule has 1 heterocycles. The van der Waals surface area contributed by atoms with Crippen molar-refractivity contribution >= 4 is 17.6 Å². The highest BCUT2D eigenvalue weighted by Crippen LogP contribution is 2.31. The Balaban J connectivity index is 2.28. The number of anilines is 1. The van der Waals surface area contributed by atoms with Gasteiger partial charge < -0.3 is 5.73 Å². The number of benzene rings is 1. The first kappa shape index (κ1) is 12.8. The summed E-state index contributed by atoms with van der Waals surface area (Å²) in [5.74, 6) is 0.284. The second kappa shape index (κ2) is 5.82.